The van der Waals surface area contributed by atoms with Gasteiger partial charge in [-0.05, 0) is 36.2 Å². The molecule has 2 aromatic carbocycles. The Balaban J connectivity index is 1.31. The first kappa shape index (κ1) is 24.8. The number of alkyl carbamates (subject to hydrolysis) is 1. The summed E-state index contributed by atoms with van der Waals surface area (Å²) >= 11 is 0. The van der Waals surface area contributed by atoms with Crippen LogP contribution in [0.2, 0.25) is 0 Å². The second-order valence-corrected chi connectivity index (χ2v) is 8.45. The van der Waals surface area contributed by atoms with Crippen LogP contribution in [0.1, 0.15) is 24.0 Å². The molecule has 188 valence electrons. The molecule has 4 rings (SSSR count). The van der Waals surface area contributed by atoms with Gasteiger partial charge in [-0.15, -0.1) is 0 Å². The van der Waals surface area contributed by atoms with Gasteiger partial charge in [0.05, 0.1) is 30.4 Å². The van der Waals surface area contributed by atoms with Gasteiger partial charge in [-0.25, -0.2) is 4.79 Å². The van der Waals surface area contributed by atoms with Gasteiger partial charge >= 0.3 is 12.3 Å². The van der Waals surface area contributed by atoms with Crippen molar-refractivity contribution in [1.82, 2.24) is 10.6 Å². The van der Waals surface area contributed by atoms with Gasteiger partial charge in [-0.3, -0.25) is 4.79 Å². The number of rotatable bonds is 7. The molecule has 8 nitrogen and oxygen atoms in total. The van der Waals surface area contributed by atoms with Crippen molar-refractivity contribution in [3.8, 4) is 0 Å². The highest BCUT2D eigenvalue weighted by Gasteiger charge is 2.42. The van der Waals surface area contributed by atoms with Crippen molar-refractivity contribution >= 4 is 23.4 Å². The highest BCUT2D eigenvalue weighted by atomic mass is 19.4. The number of hydrogen-bond donors (Lipinski definition) is 3. The predicted octanol–water partition coefficient (Wildman–Crippen LogP) is 3.94. The Labute approximate surface area is 200 Å². The largest absolute Gasteiger partial charge is 0.420 e. The molecular weight excluding hydrogens is 467 g/mol. The van der Waals surface area contributed by atoms with Crippen molar-refractivity contribution < 1.29 is 37.0 Å². The molecule has 0 spiro atoms. The zero-order valence-electron chi connectivity index (χ0n) is 18.8. The molecule has 2 aliphatic heterocycles. The van der Waals surface area contributed by atoms with Gasteiger partial charge in [-0.2, -0.15) is 13.2 Å². The second-order valence-electron chi connectivity index (χ2n) is 8.45. The Hall–Kier alpha value is -3.31. The molecule has 0 aliphatic carbocycles. The van der Waals surface area contributed by atoms with Crippen molar-refractivity contribution in [2.24, 2.45) is 5.92 Å². The van der Waals surface area contributed by atoms with E-state index in [2.05, 4.69) is 16.0 Å². The zero-order chi connectivity index (χ0) is 24.9. The molecule has 2 fully saturated rings. The van der Waals surface area contributed by atoms with E-state index in [0.29, 0.717) is 43.9 Å². The minimum atomic E-state index is -4.47. The number of carbonyl (C=O) groups excluding carboxylic acids is 2. The van der Waals surface area contributed by atoms with E-state index in [0.717, 1.165) is 6.07 Å². The van der Waals surface area contributed by atoms with Gasteiger partial charge in [0.1, 0.15) is 6.61 Å². The van der Waals surface area contributed by atoms with E-state index in [1.807, 2.05) is 0 Å². The highest BCUT2D eigenvalue weighted by molar-refractivity contribution is 5.80. The number of nitrogens with one attached hydrogen (secondary N) is 3. The molecular formula is C24H26F3N3O5. The molecule has 2 atom stereocenters. The van der Waals surface area contributed by atoms with Crippen LogP contribution in [0.15, 0.2) is 48.5 Å². The molecule has 2 heterocycles. The lowest BCUT2D eigenvalue weighted by Crippen LogP contribution is -2.55. The molecule has 0 aromatic heterocycles. The van der Waals surface area contributed by atoms with Crippen molar-refractivity contribution in [2.75, 3.05) is 31.7 Å². The maximum atomic E-state index is 13.2. The van der Waals surface area contributed by atoms with Crippen molar-refractivity contribution in [2.45, 2.75) is 31.3 Å². The summed E-state index contributed by atoms with van der Waals surface area (Å²) in [5.41, 5.74) is -0.867. The van der Waals surface area contributed by atoms with Gasteiger partial charge in [0.15, 0.2) is 0 Å². The second kappa shape index (κ2) is 10.5. The van der Waals surface area contributed by atoms with Gasteiger partial charge in [-0.1, -0.05) is 24.3 Å². The van der Waals surface area contributed by atoms with Crippen LogP contribution < -0.4 is 16.0 Å². The van der Waals surface area contributed by atoms with Crippen LogP contribution in [-0.4, -0.2) is 44.2 Å². The quantitative estimate of drug-likeness (QED) is 0.506. The van der Waals surface area contributed by atoms with Gasteiger partial charge < -0.3 is 30.2 Å². The number of para-hydroxylation sites is 1. The summed E-state index contributed by atoms with van der Waals surface area (Å²) in [5.74, 6) is -0.523. The lowest BCUT2D eigenvalue weighted by atomic mass is 10.1. The van der Waals surface area contributed by atoms with Crippen LogP contribution in [0.4, 0.5) is 29.3 Å². The summed E-state index contributed by atoms with van der Waals surface area (Å²) in [5, 5.41) is 8.19. The molecule has 2 saturated heterocycles. The summed E-state index contributed by atoms with van der Waals surface area (Å²) < 4.78 is 55.7. The Morgan fingerprint density at radius 3 is 2.49 bits per heavy atom. The molecule has 2 aliphatic rings. The van der Waals surface area contributed by atoms with Crippen LogP contribution in [-0.2, 0) is 31.7 Å². The van der Waals surface area contributed by atoms with E-state index >= 15 is 0 Å². The average molecular weight is 493 g/mol. The number of halogens is 3. The maximum absolute atomic E-state index is 13.2. The number of amides is 2. The Bertz CT molecular complexity index is 1030. The minimum Gasteiger partial charge on any atom is -0.420 e. The first-order valence-electron chi connectivity index (χ1n) is 11.2. The fourth-order valence-corrected chi connectivity index (χ4v) is 3.91. The number of alkyl halides is 3. The Morgan fingerprint density at radius 2 is 1.83 bits per heavy atom. The van der Waals surface area contributed by atoms with Crippen LogP contribution in [0.25, 0.3) is 0 Å². The molecule has 1 unspecified atom stereocenters. The van der Waals surface area contributed by atoms with Gasteiger partial charge in [0.25, 0.3) is 0 Å². The van der Waals surface area contributed by atoms with Gasteiger partial charge in [0, 0.05) is 25.3 Å². The number of benzene rings is 2. The van der Waals surface area contributed by atoms with E-state index in [1.165, 1.54) is 18.2 Å². The van der Waals surface area contributed by atoms with E-state index in [9.17, 15) is 22.8 Å². The molecule has 2 aromatic rings. The topological polar surface area (TPSA) is 97.9 Å². The monoisotopic (exact) mass is 493 g/mol. The number of carbonyl (C=O) groups is 2. The van der Waals surface area contributed by atoms with Crippen molar-refractivity contribution in [3.63, 3.8) is 0 Å². The highest BCUT2D eigenvalue weighted by Crippen LogP contribution is 2.35. The van der Waals surface area contributed by atoms with Crippen LogP contribution in [0.3, 0.4) is 0 Å². The summed E-state index contributed by atoms with van der Waals surface area (Å²) in [6.45, 7) is 1.38. The molecule has 0 radical (unpaired) electrons. The number of ether oxygens (including phenoxy) is 3. The number of hydrogen-bond acceptors (Lipinski definition) is 6. The molecule has 0 bridgehead atoms. The van der Waals surface area contributed by atoms with Crippen LogP contribution in [0, 0.1) is 5.92 Å². The smallest absolute Gasteiger partial charge is 0.418 e. The summed E-state index contributed by atoms with van der Waals surface area (Å²) in [4.78, 5) is 24.9. The third-order valence-corrected chi connectivity index (χ3v) is 5.83. The molecule has 3 N–H and O–H groups in total. The standard InChI is InChI=1S/C24H26F3N3O5/c25-24(26,27)19-3-1-2-4-20(19)29-18-7-5-16(6-8-18)13-28-22(32)35-23(10-12-34-15-23)30-21(31)17-9-11-33-14-17/h1-8,17,29H,9-15H2,(H,28,32)(H,30,31)/t17?,23-/m0/s1. The number of anilines is 2. The van der Waals surface area contributed by atoms with Crippen molar-refractivity contribution in [3.05, 3.63) is 59.7 Å². The van der Waals surface area contributed by atoms with E-state index in [4.69, 9.17) is 14.2 Å². The normalized spacial score (nSPS) is 22.0. The lowest BCUT2D eigenvalue weighted by molar-refractivity contribution is -0.137. The van der Waals surface area contributed by atoms with Crippen LogP contribution in [0.5, 0.6) is 0 Å². The average Bonchev–Trinajstić information content (AvgIpc) is 3.51. The summed E-state index contributed by atoms with van der Waals surface area (Å²) in [6, 6.07) is 11.8. The van der Waals surface area contributed by atoms with E-state index in [1.54, 1.807) is 24.3 Å². The minimum absolute atomic E-state index is 0.0512. The third kappa shape index (κ3) is 6.43. The zero-order valence-corrected chi connectivity index (χ0v) is 18.8. The molecule has 0 saturated carbocycles. The van der Waals surface area contributed by atoms with Gasteiger partial charge in [0.2, 0.25) is 11.6 Å². The fourth-order valence-electron chi connectivity index (χ4n) is 3.91. The van der Waals surface area contributed by atoms with E-state index in [-0.39, 0.29) is 30.7 Å². The van der Waals surface area contributed by atoms with E-state index < -0.39 is 23.6 Å². The predicted molar refractivity (Wildman–Crippen MR) is 120 cm³/mol. The Morgan fingerprint density at radius 1 is 1.06 bits per heavy atom. The van der Waals surface area contributed by atoms with Crippen LogP contribution >= 0.6 is 0 Å². The Kier molecular flexibility index (Phi) is 7.46. The fraction of sp³-hybridized carbons (Fsp3) is 0.417. The molecule has 35 heavy (non-hydrogen) atoms. The molecule has 11 heteroatoms. The summed E-state index contributed by atoms with van der Waals surface area (Å²) in [6.07, 6.45) is -4.25. The SMILES string of the molecule is O=C(NCc1ccc(Nc2ccccc2C(F)(F)F)cc1)O[C@@]1(NC(=O)C2CCOC2)CCOC1. The third-order valence-electron chi connectivity index (χ3n) is 5.83. The summed E-state index contributed by atoms with van der Waals surface area (Å²) in [7, 11) is 0. The first-order valence-corrected chi connectivity index (χ1v) is 11.2. The maximum Gasteiger partial charge on any atom is 0.418 e. The molecule has 2 amide bonds. The first-order chi connectivity index (χ1) is 16.7. The lowest BCUT2D eigenvalue weighted by Gasteiger charge is -2.29. The van der Waals surface area contributed by atoms with Crippen molar-refractivity contribution in [1.29, 1.82) is 0 Å².